The van der Waals surface area contributed by atoms with E-state index in [0.717, 1.165) is 26.2 Å². The zero-order chi connectivity index (χ0) is 13.4. The van der Waals surface area contributed by atoms with Crippen molar-refractivity contribution in [2.24, 2.45) is 5.92 Å². The van der Waals surface area contributed by atoms with Gasteiger partial charge in [-0.05, 0) is 26.9 Å². The highest BCUT2D eigenvalue weighted by atomic mass is 16.4. The van der Waals surface area contributed by atoms with Crippen LogP contribution in [0.3, 0.4) is 0 Å². The third-order valence-corrected chi connectivity index (χ3v) is 3.26. The molecule has 0 radical (unpaired) electrons. The highest BCUT2D eigenvalue weighted by Crippen LogP contribution is 2.05. The van der Waals surface area contributed by atoms with Gasteiger partial charge in [0.05, 0.1) is 5.92 Å². The van der Waals surface area contributed by atoms with Crippen molar-refractivity contribution < 1.29 is 9.90 Å². The lowest BCUT2D eigenvalue weighted by molar-refractivity contribution is -0.141. The fraction of sp³-hybridized carbons (Fsp3) is 0.923. The lowest BCUT2D eigenvalue weighted by Crippen LogP contribution is -2.42. The molecular formula is C13H28N2O2. The van der Waals surface area contributed by atoms with Crippen LogP contribution in [-0.2, 0) is 4.79 Å². The molecule has 0 aromatic heterocycles. The van der Waals surface area contributed by atoms with Gasteiger partial charge in [0.2, 0.25) is 0 Å². The first-order valence-electron chi connectivity index (χ1n) is 6.61. The topological polar surface area (TPSA) is 43.8 Å². The fourth-order valence-corrected chi connectivity index (χ4v) is 1.80. The summed E-state index contributed by atoms with van der Waals surface area (Å²) in [4.78, 5) is 15.5. The zero-order valence-corrected chi connectivity index (χ0v) is 11.9. The summed E-state index contributed by atoms with van der Waals surface area (Å²) in [5, 5.41) is 8.95. The SMILES string of the molecule is CCN(CC)CCN(CC(C)C(=O)O)C(C)C. The number of carboxylic acids is 1. The maximum absolute atomic E-state index is 10.9. The van der Waals surface area contributed by atoms with Crippen molar-refractivity contribution in [3.63, 3.8) is 0 Å². The summed E-state index contributed by atoms with van der Waals surface area (Å²) in [5.74, 6) is -1.01. The molecule has 0 aliphatic heterocycles. The van der Waals surface area contributed by atoms with Gasteiger partial charge in [-0.15, -0.1) is 0 Å². The van der Waals surface area contributed by atoms with Gasteiger partial charge in [-0.25, -0.2) is 0 Å². The first-order chi connectivity index (χ1) is 7.92. The Balaban J connectivity index is 4.20. The second kappa shape index (κ2) is 8.48. The van der Waals surface area contributed by atoms with E-state index in [4.69, 9.17) is 5.11 Å². The number of rotatable bonds is 9. The molecule has 0 aliphatic rings. The maximum atomic E-state index is 10.9. The third-order valence-electron chi connectivity index (χ3n) is 3.26. The molecule has 0 spiro atoms. The minimum absolute atomic E-state index is 0.297. The van der Waals surface area contributed by atoms with Crippen LogP contribution in [0.5, 0.6) is 0 Å². The predicted octanol–water partition coefficient (Wildman–Crippen LogP) is 1.76. The maximum Gasteiger partial charge on any atom is 0.307 e. The van der Waals surface area contributed by atoms with E-state index in [1.807, 2.05) is 0 Å². The van der Waals surface area contributed by atoms with Crippen molar-refractivity contribution in [2.45, 2.75) is 40.7 Å². The summed E-state index contributed by atoms with van der Waals surface area (Å²) in [6.45, 7) is 15.0. The van der Waals surface area contributed by atoms with Crippen molar-refractivity contribution in [3.8, 4) is 0 Å². The summed E-state index contributed by atoms with van der Waals surface area (Å²) in [6.07, 6.45) is 0. The molecule has 1 atom stereocenters. The van der Waals surface area contributed by atoms with Crippen molar-refractivity contribution >= 4 is 5.97 Å². The van der Waals surface area contributed by atoms with Gasteiger partial charge in [0, 0.05) is 25.7 Å². The van der Waals surface area contributed by atoms with Crippen molar-refractivity contribution in [3.05, 3.63) is 0 Å². The van der Waals surface area contributed by atoms with Crippen LogP contribution < -0.4 is 0 Å². The predicted molar refractivity (Wildman–Crippen MR) is 71.3 cm³/mol. The van der Waals surface area contributed by atoms with Crippen LogP contribution in [0.1, 0.15) is 34.6 Å². The Kier molecular flexibility index (Phi) is 8.17. The molecule has 1 N–H and O–H groups in total. The normalized spacial score (nSPS) is 13.6. The third kappa shape index (κ3) is 6.64. The van der Waals surface area contributed by atoms with Gasteiger partial charge in [0.1, 0.15) is 0 Å². The molecule has 0 aliphatic carbocycles. The molecule has 0 aromatic carbocycles. The van der Waals surface area contributed by atoms with Crippen LogP contribution in [0.25, 0.3) is 0 Å². The van der Waals surface area contributed by atoms with Gasteiger partial charge in [0.25, 0.3) is 0 Å². The van der Waals surface area contributed by atoms with E-state index < -0.39 is 5.97 Å². The molecule has 0 saturated heterocycles. The number of hydrogen-bond acceptors (Lipinski definition) is 3. The lowest BCUT2D eigenvalue weighted by Gasteiger charge is -2.30. The van der Waals surface area contributed by atoms with Gasteiger partial charge in [-0.3, -0.25) is 9.69 Å². The van der Waals surface area contributed by atoms with E-state index >= 15 is 0 Å². The number of carbonyl (C=O) groups is 1. The number of likely N-dealkylation sites (N-methyl/N-ethyl adjacent to an activating group) is 1. The van der Waals surface area contributed by atoms with E-state index in [2.05, 4.69) is 37.5 Å². The molecule has 102 valence electrons. The molecule has 1 unspecified atom stereocenters. The van der Waals surface area contributed by atoms with E-state index in [0.29, 0.717) is 12.6 Å². The lowest BCUT2D eigenvalue weighted by atomic mass is 10.1. The number of hydrogen-bond donors (Lipinski definition) is 1. The monoisotopic (exact) mass is 244 g/mol. The Hall–Kier alpha value is -0.610. The highest BCUT2D eigenvalue weighted by molar-refractivity contribution is 5.69. The first-order valence-corrected chi connectivity index (χ1v) is 6.61. The summed E-state index contributed by atoms with van der Waals surface area (Å²) < 4.78 is 0. The molecule has 0 amide bonds. The molecule has 4 nitrogen and oxygen atoms in total. The Morgan fingerprint density at radius 1 is 1.12 bits per heavy atom. The number of nitrogens with zero attached hydrogens (tertiary/aromatic N) is 2. The quantitative estimate of drug-likeness (QED) is 0.671. The summed E-state index contributed by atoms with van der Waals surface area (Å²) in [5.41, 5.74) is 0. The van der Waals surface area contributed by atoms with Crippen LogP contribution in [0.4, 0.5) is 0 Å². The number of carboxylic acid groups (broad SMARTS) is 1. The van der Waals surface area contributed by atoms with E-state index in [1.54, 1.807) is 6.92 Å². The minimum Gasteiger partial charge on any atom is -0.481 e. The molecule has 0 aromatic rings. The minimum atomic E-state index is -0.710. The Morgan fingerprint density at radius 3 is 2.00 bits per heavy atom. The molecule has 4 heteroatoms. The summed E-state index contributed by atoms with van der Waals surface area (Å²) >= 11 is 0. The van der Waals surface area contributed by atoms with Gasteiger partial charge in [-0.2, -0.15) is 0 Å². The first kappa shape index (κ1) is 16.4. The molecule has 0 bridgehead atoms. The van der Waals surface area contributed by atoms with Gasteiger partial charge in [0.15, 0.2) is 0 Å². The van der Waals surface area contributed by atoms with Crippen molar-refractivity contribution in [1.82, 2.24) is 9.80 Å². The van der Waals surface area contributed by atoms with Gasteiger partial charge < -0.3 is 10.0 Å². The van der Waals surface area contributed by atoms with E-state index in [1.165, 1.54) is 0 Å². The molecule has 0 fully saturated rings. The molecule has 0 saturated carbocycles. The summed E-state index contributed by atoms with van der Waals surface area (Å²) in [6, 6.07) is 0.396. The zero-order valence-electron chi connectivity index (χ0n) is 11.9. The Bertz CT molecular complexity index is 215. The van der Waals surface area contributed by atoms with Crippen molar-refractivity contribution in [2.75, 3.05) is 32.7 Å². The van der Waals surface area contributed by atoms with Crippen molar-refractivity contribution in [1.29, 1.82) is 0 Å². The second-order valence-electron chi connectivity index (χ2n) is 4.85. The van der Waals surface area contributed by atoms with Gasteiger partial charge >= 0.3 is 5.97 Å². The summed E-state index contributed by atoms with van der Waals surface area (Å²) in [7, 11) is 0. The molecule has 0 rings (SSSR count). The average molecular weight is 244 g/mol. The standard InChI is InChI=1S/C13H28N2O2/c1-6-14(7-2)8-9-15(11(3)4)10-12(5)13(16)17/h11-12H,6-10H2,1-5H3,(H,16,17). The van der Waals surface area contributed by atoms with E-state index in [9.17, 15) is 4.79 Å². The average Bonchev–Trinajstić information content (AvgIpc) is 2.27. The van der Waals surface area contributed by atoms with Crippen LogP contribution in [0, 0.1) is 5.92 Å². The fourth-order valence-electron chi connectivity index (χ4n) is 1.80. The van der Waals surface area contributed by atoms with Crippen LogP contribution in [-0.4, -0.2) is 59.6 Å². The highest BCUT2D eigenvalue weighted by Gasteiger charge is 2.18. The molecular weight excluding hydrogens is 216 g/mol. The molecule has 17 heavy (non-hydrogen) atoms. The number of aliphatic carboxylic acids is 1. The smallest absolute Gasteiger partial charge is 0.307 e. The molecule has 0 heterocycles. The van der Waals surface area contributed by atoms with Crippen LogP contribution in [0.15, 0.2) is 0 Å². The Morgan fingerprint density at radius 2 is 1.65 bits per heavy atom. The van der Waals surface area contributed by atoms with Crippen LogP contribution >= 0.6 is 0 Å². The largest absolute Gasteiger partial charge is 0.481 e. The van der Waals surface area contributed by atoms with Crippen LogP contribution in [0.2, 0.25) is 0 Å². The Labute approximate surface area is 106 Å². The second-order valence-corrected chi connectivity index (χ2v) is 4.85. The van der Waals surface area contributed by atoms with E-state index in [-0.39, 0.29) is 5.92 Å². The van der Waals surface area contributed by atoms with Gasteiger partial charge in [-0.1, -0.05) is 20.8 Å².